The molecule has 1 heterocycles. The Bertz CT molecular complexity index is 579. The molecule has 1 fully saturated rings. The third kappa shape index (κ3) is 3.33. The lowest BCUT2D eigenvalue weighted by molar-refractivity contribution is -0.384. The van der Waals surface area contributed by atoms with Crippen LogP contribution in [0.2, 0.25) is 0 Å². The molecule has 1 unspecified atom stereocenters. The van der Waals surface area contributed by atoms with E-state index in [9.17, 15) is 18.5 Å². The largest absolute Gasteiger partial charge is 0.315 e. The van der Waals surface area contributed by atoms with Crippen LogP contribution in [0.5, 0.6) is 0 Å². The van der Waals surface area contributed by atoms with Crippen LogP contribution >= 0.6 is 0 Å². The lowest BCUT2D eigenvalue weighted by Gasteiger charge is -2.23. The van der Waals surface area contributed by atoms with Crippen LogP contribution in [0.15, 0.2) is 24.3 Å². The van der Waals surface area contributed by atoms with Gasteiger partial charge in [0.25, 0.3) is 5.69 Å². The summed E-state index contributed by atoms with van der Waals surface area (Å²) in [5.41, 5.74) is 0.507. The molecular formula is C12H17N3O4S. The number of nitro benzene ring substituents is 1. The fourth-order valence-corrected chi connectivity index (χ4v) is 3.65. The molecule has 0 radical (unpaired) electrons. The zero-order valence-corrected chi connectivity index (χ0v) is 12.0. The zero-order valence-electron chi connectivity index (χ0n) is 11.2. The highest BCUT2D eigenvalue weighted by molar-refractivity contribution is 7.88. The minimum Gasteiger partial charge on any atom is -0.315 e. The number of hydrogen-bond acceptors (Lipinski definition) is 5. The van der Waals surface area contributed by atoms with E-state index in [1.54, 1.807) is 7.05 Å². The van der Waals surface area contributed by atoms with Gasteiger partial charge in [-0.1, -0.05) is 12.1 Å². The highest BCUT2D eigenvalue weighted by atomic mass is 32.2. The second kappa shape index (κ2) is 5.86. The van der Waals surface area contributed by atoms with Gasteiger partial charge in [-0.05, 0) is 18.5 Å². The molecule has 7 nitrogen and oxygen atoms in total. The molecular weight excluding hydrogens is 282 g/mol. The van der Waals surface area contributed by atoms with E-state index in [1.807, 2.05) is 0 Å². The Morgan fingerprint density at radius 1 is 1.40 bits per heavy atom. The molecule has 0 saturated carbocycles. The highest BCUT2D eigenvalue weighted by Crippen LogP contribution is 2.18. The van der Waals surface area contributed by atoms with Crippen molar-refractivity contribution in [3.63, 3.8) is 0 Å². The topological polar surface area (TPSA) is 92.6 Å². The van der Waals surface area contributed by atoms with E-state index in [1.165, 1.54) is 28.6 Å². The van der Waals surface area contributed by atoms with Gasteiger partial charge in [-0.15, -0.1) is 0 Å². The van der Waals surface area contributed by atoms with E-state index in [2.05, 4.69) is 5.32 Å². The monoisotopic (exact) mass is 299 g/mol. The van der Waals surface area contributed by atoms with Crippen molar-refractivity contribution in [2.75, 3.05) is 20.1 Å². The van der Waals surface area contributed by atoms with Gasteiger partial charge in [-0.25, -0.2) is 12.7 Å². The van der Waals surface area contributed by atoms with Gasteiger partial charge in [0.15, 0.2) is 0 Å². The van der Waals surface area contributed by atoms with Gasteiger partial charge in [-0.2, -0.15) is 0 Å². The molecule has 0 amide bonds. The van der Waals surface area contributed by atoms with Gasteiger partial charge >= 0.3 is 0 Å². The number of rotatable bonds is 5. The molecule has 110 valence electrons. The van der Waals surface area contributed by atoms with Crippen LogP contribution in [-0.4, -0.2) is 43.8 Å². The fraction of sp³-hybridized carbons (Fsp3) is 0.500. The Morgan fingerprint density at radius 3 is 2.55 bits per heavy atom. The maximum atomic E-state index is 12.3. The summed E-state index contributed by atoms with van der Waals surface area (Å²) in [6, 6.07) is 5.59. The third-order valence-corrected chi connectivity index (χ3v) is 5.36. The minimum absolute atomic E-state index is 0.0157. The van der Waals surface area contributed by atoms with Crippen LogP contribution in [0.3, 0.4) is 0 Å². The summed E-state index contributed by atoms with van der Waals surface area (Å²) in [5, 5.41) is 13.7. The van der Waals surface area contributed by atoms with Crippen LogP contribution in [0.1, 0.15) is 12.0 Å². The van der Waals surface area contributed by atoms with Crippen molar-refractivity contribution in [1.82, 2.24) is 9.62 Å². The van der Waals surface area contributed by atoms with E-state index in [4.69, 9.17) is 0 Å². The summed E-state index contributed by atoms with van der Waals surface area (Å²) in [7, 11) is -1.82. The summed E-state index contributed by atoms with van der Waals surface area (Å²) in [6.07, 6.45) is 0.802. The molecule has 1 aliphatic heterocycles. The second-order valence-electron chi connectivity index (χ2n) is 4.84. The average molecular weight is 299 g/mol. The summed E-state index contributed by atoms with van der Waals surface area (Å²) in [4.78, 5) is 10.0. The quantitative estimate of drug-likeness (QED) is 0.639. The van der Waals surface area contributed by atoms with E-state index in [-0.39, 0.29) is 17.5 Å². The normalized spacial score (nSPS) is 19.4. The number of nitrogens with zero attached hydrogens (tertiary/aromatic N) is 2. The molecule has 1 aromatic rings. The Balaban J connectivity index is 2.09. The number of sulfonamides is 1. The second-order valence-corrected chi connectivity index (χ2v) is 6.87. The van der Waals surface area contributed by atoms with Crippen LogP contribution < -0.4 is 5.32 Å². The molecule has 1 aromatic carbocycles. The van der Waals surface area contributed by atoms with Crippen molar-refractivity contribution < 1.29 is 13.3 Å². The third-order valence-electron chi connectivity index (χ3n) is 3.48. The Hall–Kier alpha value is -1.51. The SMILES string of the molecule is CN(C1CCNC1)S(=O)(=O)Cc1ccc([N+](=O)[O-])cc1. The molecule has 0 bridgehead atoms. The molecule has 20 heavy (non-hydrogen) atoms. The van der Waals surface area contributed by atoms with Crippen molar-refractivity contribution in [3.05, 3.63) is 39.9 Å². The highest BCUT2D eigenvalue weighted by Gasteiger charge is 2.28. The fourth-order valence-electron chi connectivity index (χ4n) is 2.20. The Kier molecular flexibility index (Phi) is 4.36. The van der Waals surface area contributed by atoms with Gasteiger partial charge in [0.05, 0.1) is 10.7 Å². The van der Waals surface area contributed by atoms with Gasteiger partial charge < -0.3 is 5.32 Å². The number of hydrogen-bond donors (Lipinski definition) is 1. The first-order chi connectivity index (χ1) is 9.40. The summed E-state index contributed by atoms with van der Waals surface area (Å²) < 4.78 is 25.9. The minimum atomic E-state index is -3.41. The lowest BCUT2D eigenvalue weighted by atomic mass is 10.2. The smallest absolute Gasteiger partial charge is 0.269 e. The molecule has 0 aliphatic carbocycles. The van der Waals surface area contributed by atoms with Gasteiger partial charge in [0.2, 0.25) is 10.0 Å². The van der Waals surface area contributed by atoms with Crippen molar-refractivity contribution in [1.29, 1.82) is 0 Å². The maximum absolute atomic E-state index is 12.3. The van der Waals surface area contributed by atoms with E-state index in [0.29, 0.717) is 12.1 Å². The van der Waals surface area contributed by atoms with Crippen LogP contribution in [0, 0.1) is 10.1 Å². The predicted molar refractivity (Wildman–Crippen MR) is 74.8 cm³/mol. The summed E-state index contributed by atoms with van der Waals surface area (Å²) in [5.74, 6) is -0.141. The first-order valence-electron chi connectivity index (χ1n) is 6.30. The van der Waals surface area contributed by atoms with E-state index < -0.39 is 14.9 Å². The van der Waals surface area contributed by atoms with Crippen LogP contribution in [-0.2, 0) is 15.8 Å². The molecule has 1 atom stereocenters. The van der Waals surface area contributed by atoms with Crippen molar-refractivity contribution >= 4 is 15.7 Å². The molecule has 1 saturated heterocycles. The van der Waals surface area contributed by atoms with Crippen LogP contribution in [0.4, 0.5) is 5.69 Å². The number of benzene rings is 1. The summed E-state index contributed by atoms with van der Waals surface area (Å²) in [6.45, 7) is 1.48. The molecule has 0 spiro atoms. The number of likely N-dealkylation sites (N-methyl/N-ethyl adjacent to an activating group) is 1. The van der Waals surface area contributed by atoms with Crippen molar-refractivity contribution in [3.8, 4) is 0 Å². The van der Waals surface area contributed by atoms with E-state index >= 15 is 0 Å². The average Bonchev–Trinajstić information content (AvgIpc) is 2.91. The summed E-state index contributed by atoms with van der Waals surface area (Å²) >= 11 is 0. The Morgan fingerprint density at radius 2 is 2.05 bits per heavy atom. The molecule has 0 aromatic heterocycles. The van der Waals surface area contributed by atoms with Crippen LogP contribution in [0.25, 0.3) is 0 Å². The molecule has 2 rings (SSSR count). The van der Waals surface area contributed by atoms with Crippen molar-refractivity contribution in [2.24, 2.45) is 0 Å². The molecule has 1 aliphatic rings. The maximum Gasteiger partial charge on any atom is 0.269 e. The Labute approximate surface area is 117 Å². The van der Waals surface area contributed by atoms with Gasteiger partial charge in [0, 0.05) is 31.8 Å². The first-order valence-corrected chi connectivity index (χ1v) is 7.91. The molecule has 1 N–H and O–H groups in total. The van der Waals surface area contributed by atoms with E-state index in [0.717, 1.165) is 13.0 Å². The molecule has 8 heteroatoms. The number of non-ortho nitro benzene ring substituents is 1. The van der Waals surface area contributed by atoms with Gasteiger partial charge in [0.1, 0.15) is 0 Å². The van der Waals surface area contributed by atoms with Gasteiger partial charge in [-0.3, -0.25) is 10.1 Å². The number of nitrogens with one attached hydrogen (secondary N) is 1. The lowest BCUT2D eigenvalue weighted by Crippen LogP contribution is -2.38. The predicted octanol–water partition coefficient (Wildman–Crippen LogP) is 0.718. The van der Waals surface area contributed by atoms with Crippen molar-refractivity contribution in [2.45, 2.75) is 18.2 Å². The zero-order chi connectivity index (χ0) is 14.8. The first kappa shape index (κ1) is 14.9. The number of nitro groups is 1. The standard InChI is InChI=1S/C12H17N3O4S/c1-14(12-6-7-13-8-12)20(18,19)9-10-2-4-11(5-3-10)15(16)17/h2-5,12-13H,6-9H2,1H3.